The Balaban J connectivity index is 1.61. The van der Waals surface area contributed by atoms with Crippen LogP contribution in [0.4, 0.5) is 0 Å². The largest absolute Gasteiger partial charge is 0.463 e. The Hall–Kier alpha value is -3.24. The molecule has 0 atom stereocenters. The molecule has 1 aromatic heterocycles. The summed E-state index contributed by atoms with van der Waals surface area (Å²) < 4.78 is 4.83. The van der Waals surface area contributed by atoms with Crippen LogP contribution in [0.15, 0.2) is 60.8 Å². The lowest BCUT2D eigenvalue weighted by atomic mass is 9.69. The summed E-state index contributed by atoms with van der Waals surface area (Å²) >= 11 is 0. The van der Waals surface area contributed by atoms with E-state index in [-0.39, 0.29) is 12.0 Å². The highest BCUT2D eigenvalue weighted by Gasteiger charge is 2.31. The molecule has 4 nitrogen and oxygen atoms in total. The standard InChI is InChI=1S/C34H41NO3/c1-5-34(6-2,29-12-11-28(25(3)20-29)16-19-33(37)17-8-7-9-18-33)30-13-14-31(26(4)21-30)32-15-10-27(22-35-32)23-38-24-36/h10-16,19-22,24,37H,5-9,17-18,23H2,1-4H3. The van der Waals surface area contributed by atoms with Crippen molar-refractivity contribution >= 4 is 12.5 Å². The van der Waals surface area contributed by atoms with Crippen molar-refractivity contribution < 1.29 is 14.6 Å². The van der Waals surface area contributed by atoms with Gasteiger partial charge in [-0.3, -0.25) is 9.78 Å². The average Bonchev–Trinajstić information content (AvgIpc) is 2.93. The second kappa shape index (κ2) is 12.1. The molecule has 0 spiro atoms. The molecule has 0 aliphatic heterocycles. The smallest absolute Gasteiger partial charge is 0.293 e. The van der Waals surface area contributed by atoms with Gasteiger partial charge in [-0.2, -0.15) is 0 Å². The number of aryl methyl sites for hydroxylation is 2. The lowest BCUT2D eigenvalue weighted by molar-refractivity contribution is -0.129. The summed E-state index contributed by atoms with van der Waals surface area (Å²) in [5.41, 5.74) is 8.40. The van der Waals surface area contributed by atoms with Gasteiger partial charge in [0.15, 0.2) is 0 Å². The van der Waals surface area contributed by atoms with Crippen LogP contribution in [0.2, 0.25) is 0 Å². The van der Waals surface area contributed by atoms with Crippen molar-refractivity contribution in [3.8, 4) is 11.3 Å². The van der Waals surface area contributed by atoms with Gasteiger partial charge in [-0.1, -0.05) is 87.7 Å². The highest BCUT2D eigenvalue weighted by Crippen LogP contribution is 2.41. The molecule has 1 aliphatic carbocycles. The Labute approximate surface area is 227 Å². The first-order chi connectivity index (χ1) is 18.3. The second-order valence-electron chi connectivity index (χ2n) is 10.8. The van der Waals surface area contributed by atoms with Gasteiger partial charge in [0.25, 0.3) is 6.47 Å². The van der Waals surface area contributed by atoms with Crippen LogP contribution in [-0.4, -0.2) is 22.2 Å². The highest BCUT2D eigenvalue weighted by molar-refractivity contribution is 5.65. The van der Waals surface area contributed by atoms with Crippen LogP contribution in [0.5, 0.6) is 0 Å². The van der Waals surface area contributed by atoms with Crippen LogP contribution >= 0.6 is 0 Å². The molecule has 200 valence electrons. The van der Waals surface area contributed by atoms with Crippen molar-refractivity contribution in [2.45, 2.75) is 90.3 Å². The Morgan fingerprint density at radius 3 is 2.21 bits per heavy atom. The van der Waals surface area contributed by atoms with Gasteiger partial charge in [0, 0.05) is 22.7 Å². The zero-order valence-corrected chi connectivity index (χ0v) is 23.3. The van der Waals surface area contributed by atoms with Crippen LogP contribution in [-0.2, 0) is 21.6 Å². The number of nitrogens with zero attached hydrogens (tertiary/aromatic N) is 1. The van der Waals surface area contributed by atoms with E-state index in [4.69, 9.17) is 4.74 Å². The number of rotatable bonds is 10. The van der Waals surface area contributed by atoms with E-state index in [0.29, 0.717) is 6.47 Å². The summed E-state index contributed by atoms with van der Waals surface area (Å²) in [7, 11) is 0. The summed E-state index contributed by atoms with van der Waals surface area (Å²) in [4.78, 5) is 15.1. The third kappa shape index (κ3) is 5.91. The van der Waals surface area contributed by atoms with Crippen LogP contribution in [0.3, 0.4) is 0 Å². The van der Waals surface area contributed by atoms with Crippen LogP contribution < -0.4 is 0 Å². The third-order valence-corrected chi connectivity index (χ3v) is 8.52. The van der Waals surface area contributed by atoms with Crippen molar-refractivity contribution in [1.29, 1.82) is 0 Å². The predicted molar refractivity (Wildman–Crippen MR) is 155 cm³/mol. The zero-order chi connectivity index (χ0) is 27.2. The second-order valence-corrected chi connectivity index (χ2v) is 10.8. The minimum Gasteiger partial charge on any atom is -0.463 e. The molecule has 1 heterocycles. The number of hydrogen-bond donors (Lipinski definition) is 1. The van der Waals surface area contributed by atoms with Gasteiger partial charge in [-0.25, -0.2) is 0 Å². The quantitative estimate of drug-likeness (QED) is 0.282. The molecular formula is C34H41NO3. The van der Waals surface area contributed by atoms with Crippen molar-refractivity contribution in [1.82, 2.24) is 4.98 Å². The highest BCUT2D eigenvalue weighted by atomic mass is 16.5. The predicted octanol–water partition coefficient (Wildman–Crippen LogP) is 7.85. The molecule has 1 fully saturated rings. The molecule has 0 amide bonds. The Kier molecular flexibility index (Phi) is 8.83. The fraction of sp³-hybridized carbons (Fsp3) is 0.412. The number of hydrogen-bond acceptors (Lipinski definition) is 4. The maximum atomic E-state index is 10.9. The number of aromatic nitrogens is 1. The summed E-state index contributed by atoms with van der Waals surface area (Å²) in [5, 5.41) is 10.9. The first kappa shape index (κ1) is 27.8. The minimum atomic E-state index is -0.655. The van der Waals surface area contributed by atoms with Crippen molar-refractivity contribution in [2.24, 2.45) is 0 Å². The Bertz CT molecular complexity index is 1270. The summed E-state index contributed by atoms with van der Waals surface area (Å²) in [5.74, 6) is 0. The van der Waals surface area contributed by atoms with E-state index < -0.39 is 5.60 Å². The topological polar surface area (TPSA) is 59.4 Å². The average molecular weight is 512 g/mol. The van der Waals surface area contributed by atoms with Gasteiger partial charge in [0.2, 0.25) is 0 Å². The summed E-state index contributed by atoms with van der Waals surface area (Å²) in [6.07, 6.45) is 13.1. The van der Waals surface area contributed by atoms with E-state index in [1.165, 1.54) is 34.2 Å². The van der Waals surface area contributed by atoms with E-state index in [0.717, 1.165) is 55.3 Å². The first-order valence-corrected chi connectivity index (χ1v) is 14.0. The van der Waals surface area contributed by atoms with E-state index in [1.807, 2.05) is 18.2 Å². The van der Waals surface area contributed by atoms with Crippen molar-refractivity contribution in [3.63, 3.8) is 0 Å². The number of carbonyl (C=O) groups is 1. The molecule has 0 bridgehead atoms. The number of ether oxygens (including phenoxy) is 1. The molecule has 4 heteroatoms. The molecule has 4 rings (SSSR count). The van der Waals surface area contributed by atoms with Crippen LogP contribution in [0.25, 0.3) is 17.3 Å². The van der Waals surface area contributed by atoms with Gasteiger partial charge in [-0.05, 0) is 73.4 Å². The van der Waals surface area contributed by atoms with E-state index in [2.05, 4.69) is 75.2 Å². The van der Waals surface area contributed by atoms with Gasteiger partial charge in [-0.15, -0.1) is 0 Å². The number of carbonyl (C=O) groups excluding carboxylic acids is 1. The molecule has 1 saturated carbocycles. The van der Waals surface area contributed by atoms with Gasteiger partial charge >= 0.3 is 0 Å². The molecule has 38 heavy (non-hydrogen) atoms. The molecule has 2 aromatic carbocycles. The molecule has 0 radical (unpaired) electrons. The van der Waals surface area contributed by atoms with E-state index >= 15 is 0 Å². The maximum absolute atomic E-state index is 10.9. The zero-order valence-electron chi connectivity index (χ0n) is 23.3. The molecule has 3 aromatic rings. The fourth-order valence-electron chi connectivity index (χ4n) is 6.02. The monoisotopic (exact) mass is 511 g/mol. The summed E-state index contributed by atoms with van der Waals surface area (Å²) in [6.45, 7) is 9.56. The molecule has 1 N–H and O–H groups in total. The van der Waals surface area contributed by atoms with Gasteiger partial charge in [0.1, 0.15) is 6.61 Å². The first-order valence-electron chi connectivity index (χ1n) is 14.0. The van der Waals surface area contributed by atoms with Crippen molar-refractivity contribution in [2.75, 3.05) is 0 Å². The Morgan fingerprint density at radius 1 is 0.947 bits per heavy atom. The lowest BCUT2D eigenvalue weighted by Crippen LogP contribution is -2.28. The normalized spacial score (nSPS) is 15.5. The molecule has 1 aliphatic rings. The van der Waals surface area contributed by atoms with Crippen LogP contribution in [0, 0.1) is 13.8 Å². The number of pyridine rings is 1. The van der Waals surface area contributed by atoms with Gasteiger partial charge in [0.05, 0.1) is 11.3 Å². The molecule has 0 unspecified atom stereocenters. The van der Waals surface area contributed by atoms with Gasteiger partial charge < -0.3 is 9.84 Å². The number of benzene rings is 2. The maximum Gasteiger partial charge on any atom is 0.293 e. The van der Waals surface area contributed by atoms with Crippen LogP contribution in [0.1, 0.15) is 92.2 Å². The SMILES string of the molecule is CCC(CC)(c1ccc(C=CC2(O)CCCCC2)c(C)c1)c1ccc(-c2ccc(COC=O)cn2)c(C)c1. The molecule has 0 saturated heterocycles. The summed E-state index contributed by atoms with van der Waals surface area (Å²) in [6, 6.07) is 17.5. The number of aliphatic hydroxyl groups is 1. The molecular weight excluding hydrogens is 470 g/mol. The minimum absolute atomic E-state index is 0.0820. The fourth-order valence-corrected chi connectivity index (χ4v) is 6.02. The van der Waals surface area contributed by atoms with Crippen molar-refractivity contribution in [3.05, 3.63) is 94.2 Å². The van der Waals surface area contributed by atoms with E-state index in [9.17, 15) is 9.90 Å². The Morgan fingerprint density at radius 2 is 1.63 bits per heavy atom. The van der Waals surface area contributed by atoms with E-state index in [1.54, 1.807) is 6.20 Å². The third-order valence-electron chi connectivity index (χ3n) is 8.52. The lowest BCUT2D eigenvalue weighted by Gasteiger charge is -2.34.